The third kappa shape index (κ3) is 8.10. The van der Waals surface area contributed by atoms with Gasteiger partial charge in [0.2, 0.25) is 0 Å². The van der Waals surface area contributed by atoms with Gasteiger partial charge < -0.3 is 15.2 Å². The van der Waals surface area contributed by atoms with Crippen molar-refractivity contribution in [1.29, 1.82) is 0 Å². The van der Waals surface area contributed by atoms with E-state index in [0.29, 0.717) is 6.54 Å². The summed E-state index contributed by atoms with van der Waals surface area (Å²) in [7, 11) is 1.95. The van der Waals surface area contributed by atoms with E-state index in [1.165, 1.54) is 12.1 Å². The molecule has 0 saturated carbocycles. The first kappa shape index (κ1) is 22.5. The fourth-order valence-corrected chi connectivity index (χ4v) is 3.62. The molecule has 0 spiro atoms. The number of nitrogens with one attached hydrogen (secondary N) is 2. The molecule has 2 N–H and O–H groups in total. The van der Waals surface area contributed by atoms with Gasteiger partial charge in [-0.1, -0.05) is 0 Å². The number of halogens is 1. The number of aryl methyl sites for hydroxylation is 1. The van der Waals surface area contributed by atoms with Crippen LogP contribution in [0.25, 0.3) is 0 Å². The number of benzene rings is 1. The Hall–Kier alpha value is -1.74. The summed E-state index contributed by atoms with van der Waals surface area (Å²) in [5.74, 6) is 4.41. The summed E-state index contributed by atoms with van der Waals surface area (Å²) in [6.45, 7) is 4.12. The maximum atomic E-state index is 12.9. The van der Waals surface area contributed by atoms with Gasteiger partial charge in [-0.05, 0) is 61.8 Å². The molecule has 0 unspecified atom stereocenters. The van der Waals surface area contributed by atoms with Gasteiger partial charge in [0.1, 0.15) is 18.2 Å². The minimum atomic E-state index is -0.197. The minimum Gasteiger partial charge on any atom is -0.356 e. The highest BCUT2D eigenvalue weighted by Crippen LogP contribution is 2.18. The summed E-state index contributed by atoms with van der Waals surface area (Å²) < 4.78 is 14.9. The molecule has 0 aliphatic heterocycles. The van der Waals surface area contributed by atoms with Crippen molar-refractivity contribution in [3.63, 3.8) is 0 Å². The molecule has 0 radical (unpaired) electrons. The fourth-order valence-electron chi connectivity index (χ4n) is 2.34. The van der Waals surface area contributed by atoms with E-state index in [9.17, 15) is 4.39 Å². The Balaban J connectivity index is 1.78. The van der Waals surface area contributed by atoms with Crippen LogP contribution in [0.3, 0.4) is 0 Å². The number of aliphatic imine (C=N–C) groups is 1. The fraction of sp³-hybridized carbons (Fsp3) is 0.526. The van der Waals surface area contributed by atoms with Gasteiger partial charge in [0, 0.05) is 25.0 Å². The van der Waals surface area contributed by atoms with Crippen molar-refractivity contribution in [2.45, 2.75) is 31.2 Å². The van der Waals surface area contributed by atoms with Crippen molar-refractivity contribution in [3.8, 4) is 0 Å². The molecule has 0 fully saturated rings. The summed E-state index contributed by atoms with van der Waals surface area (Å²) in [5.41, 5.74) is 0. The van der Waals surface area contributed by atoms with Crippen molar-refractivity contribution >= 4 is 29.5 Å². The van der Waals surface area contributed by atoms with Crippen molar-refractivity contribution in [3.05, 3.63) is 41.7 Å². The van der Waals surface area contributed by atoms with Gasteiger partial charge in [-0.3, -0.25) is 0 Å². The number of rotatable bonds is 11. The Kier molecular flexibility index (Phi) is 10.2. The van der Waals surface area contributed by atoms with E-state index in [0.717, 1.165) is 59.9 Å². The third-order valence-electron chi connectivity index (χ3n) is 4.07. The summed E-state index contributed by atoms with van der Waals surface area (Å²) in [4.78, 5) is 5.73. The molecule has 1 aromatic heterocycles. The van der Waals surface area contributed by atoms with Crippen molar-refractivity contribution in [1.82, 2.24) is 25.4 Å². The zero-order chi connectivity index (χ0) is 20.2. The van der Waals surface area contributed by atoms with Crippen molar-refractivity contribution in [2.75, 3.05) is 30.9 Å². The molecule has 1 heterocycles. The van der Waals surface area contributed by atoms with E-state index in [1.54, 1.807) is 11.8 Å². The summed E-state index contributed by atoms with van der Waals surface area (Å²) in [6, 6.07) is 6.63. The smallest absolute Gasteiger partial charge is 0.191 e. The van der Waals surface area contributed by atoms with E-state index in [-0.39, 0.29) is 5.82 Å². The zero-order valence-corrected chi connectivity index (χ0v) is 18.4. The molecular formula is C19H29FN6S2. The van der Waals surface area contributed by atoms with Crippen LogP contribution in [0.1, 0.15) is 24.5 Å². The second-order valence-corrected chi connectivity index (χ2v) is 8.40. The van der Waals surface area contributed by atoms with E-state index < -0.39 is 0 Å². The van der Waals surface area contributed by atoms with Crippen LogP contribution in [0.15, 0.2) is 34.2 Å². The molecule has 0 atom stereocenters. The molecule has 28 heavy (non-hydrogen) atoms. The van der Waals surface area contributed by atoms with Gasteiger partial charge >= 0.3 is 0 Å². The number of nitrogens with zero attached hydrogens (tertiary/aromatic N) is 4. The number of hydrogen-bond acceptors (Lipinski definition) is 5. The predicted octanol–water partition coefficient (Wildman–Crippen LogP) is 3.23. The minimum absolute atomic E-state index is 0.197. The van der Waals surface area contributed by atoms with Crippen molar-refractivity contribution in [2.24, 2.45) is 12.0 Å². The molecule has 0 saturated heterocycles. The first-order valence-corrected chi connectivity index (χ1v) is 11.7. The molecule has 2 aromatic rings. The standard InChI is InChI=1S/C19H29FN6S2/c1-15-24-25-18(26(15)2)14-23-19(21-10-4-12-27-3)22-11-5-13-28-17-8-6-16(20)7-9-17/h6-9H,4-5,10-14H2,1-3H3,(H2,21,22,23). The second-order valence-electron chi connectivity index (χ2n) is 6.24. The molecule has 0 aliphatic carbocycles. The quantitative estimate of drug-likeness (QED) is 0.250. The van der Waals surface area contributed by atoms with Crippen LogP contribution in [-0.2, 0) is 13.6 Å². The Morgan fingerprint density at radius 3 is 2.39 bits per heavy atom. The molecular weight excluding hydrogens is 395 g/mol. The highest BCUT2D eigenvalue weighted by Gasteiger charge is 2.05. The van der Waals surface area contributed by atoms with Gasteiger partial charge in [-0.25, -0.2) is 9.38 Å². The molecule has 9 heteroatoms. The van der Waals surface area contributed by atoms with Gasteiger partial charge in [-0.15, -0.1) is 22.0 Å². The lowest BCUT2D eigenvalue weighted by molar-refractivity contribution is 0.626. The molecule has 0 amide bonds. The predicted molar refractivity (Wildman–Crippen MR) is 118 cm³/mol. The van der Waals surface area contributed by atoms with Crippen LogP contribution in [-0.4, -0.2) is 51.6 Å². The summed E-state index contributed by atoms with van der Waals surface area (Å²) in [5, 5.41) is 15.0. The van der Waals surface area contributed by atoms with E-state index in [2.05, 4.69) is 32.1 Å². The zero-order valence-electron chi connectivity index (χ0n) is 16.7. The Morgan fingerprint density at radius 2 is 1.79 bits per heavy atom. The van der Waals surface area contributed by atoms with Gasteiger partial charge in [0.15, 0.2) is 11.8 Å². The Morgan fingerprint density at radius 1 is 1.11 bits per heavy atom. The van der Waals surface area contributed by atoms with Crippen LogP contribution in [0.4, 0.5) is 4.39 Å². The Bertz CT molecular complexity index is 733. The molecule has 0 bridgehead atoms. The normalized spacial score (nSPS) is 11.6. The van der Waals surface area contributed by atoms with Gasteiger partial charge in [0.05, 0.1) is 0 Å². The maximum absolute atomic E-state index is 12.9. The molecule has 154 valence electrons. The first-order valence-electron chi connectivity index (χ1n) is 9.34. The van der Waals surface area contributed by atoms with E-state index in [4.69, 9.17) is 0 Å². The SMILES string of the molecule is CSCCCNC(=NCc1nnc(C)n1C)NCCCSc1ccc(F)cc1. The molecule has 0 aliphatic rings. The van der Waals surface area contributed by atoms with Crippen LogP contribution in [0.5, 0.6) is 0 Å². The average Bonchev–Trinajstić information content (AvgIpc) is 3.02. The van der Waals surface area contributed by atoms with Crippen molar-refractivity contribution < 1.29 is 4.39 Å². The highest BCUT2D eigenvalue weighted by atomic mass is 32.2. The summed E-state index contributed by atoms with van der Waals surface area (Å²) in [6.07, 6.45) is 4.18. The number of guanidine groups is 1. The first-order chi connectivity index (χ1) is 13.6. The lowest BCUT2D eigenvalue weighted by Crippen LogP contribution is -2.38. The average molecular weight is 425 g/mol. The largest absolute Gasteiger partial charge is 0.356 e. The highest BCUT2D eigenvalue weighted by molar-refractivity contribution is 7.99. The van der Waals surface area contributed by atoms with Gasteiger partial charge in [-0.2, -0.15) is 11.8 Å². The number of aromatic nitrogens is 3. The van der Waals surface area contributed by atoms with Crippen LogP contribution >= 0.6 is 23.5 Å². The Labute approximate surface area is 175 Å². The maximum Gasteiger partial charge on any atom is 0.191 e. The number of hydrogen-bond donors (Lipinski definition) is 2. The van der Waals surface area contributed by atoms with Crippen LogP contribution < -0.4 is 10.6 Å². The second kappa shape index (κ2) is 12.7. The van der Waals surface area contributed by atoms with Crippen LogP contribution in [0, 0.1) is 12.7 Å². The molecule has 2 rings (SSSR count). The molecule has 6 nitrogen and oxygen atoms in total. The lowest BCUT2D eigenvalue weighted by Gasteiger charge is -2.12. The van der Waals surface area contributed by atoms with E-state index >= 15 is 0 Å². The lowest BCUT2D eigenvalue weighted by atomic mass is 10.4. The topological polar surface area (TPSA) is 67.1 Å². The number of thioether (sulfide) groups is 2. The monoisotopic (exact) mass is 424 g/mol. The third-order valence-corrected chi connectivity index (χ3v) is 5.87. The van der Waals surface area contributed by atoms with Gasteiger partial charge in [0.25, 0.3) is 0 Å². The summed E-state index contributed by atoms with van der Waals surface area (Å²) >= 11 is 3.57. The molecule has 1 aromatic carbocycles. The van der Waals surface area contributed by atoms with E-state index in [1.807, 2.05) is 42.4 Å². The van der Waals surface area contributed by atoms with Crippen LogP contribution in [0.2, 0.25) is 0 Å².